The van der Waals surface area contributed by atoms with E-state index in [0.29, 0.717) is 0 Å². The van der Waals surface area contributed by atoms with Crippen LogP contribution in [0.1, 0.15) is 0 Å². The van der Waals surface area contributed by atoms with Crippen LogP contribution in [0, 0.1) is 0 Å². The topological polar surface area (TPSA) is 12.9 Å². The highest BCUT2D eigenvalue weighted by Gasteiger charge is 2.13. The van der Waals surface area contributed by atoms with Crippen LogP contribution in [0.5, 0.6) is 0 Å². The third-order valence-corrected chi connectivity index (χ3v) is 8.35. The van der Waals surface area contributed by atoms with Crippen LogP contribution in [0.15, 0.2) is 115 Å². The molecule has 0 fully saturated rings. The number of fused-ring (bicyclic) bond motifs is 10. The number of thiophene rings is 1. The van der Waals surface area contributed by atoms with Crippen LogP contribution in [0.4, 0.5) is 0 Å². The normalized spacial score (nSPS) is 12.0. The summed E-state index contributed by atoms with van der Waals surface area (Å²) in [4.78, 5) is 4.92. The zero-order valence-corrected chi connectivity index (χ0v) is 19.6. The fourth-order valence-electron chi connectivity index (χ4n) is 5.56. The molecule has 0 spiro atoms. The maximum atomic E-state index is 4.92. The summed E-state index contributed by atoms with van der Waals surface area (Å²) >= 11 is 1.88. The molecule has 6 aromatic carbocycles. The van der Waals surface area contributed by atoms with Crippen molar-refractivity contribution in [1.82, 2.24) is 4.98 Å². The summed E-state index contributed by atoms with van der Waals surface area (Å²) in [5.41, 5.74) is 3.21. The van der Waals surface area contributed by atoms with E-state index in [0.717, 1.165) is 16.8 Å². The number of hydrogen-bond acceptors (Lipinski definition) is 2. The van der Waals surface area contributed by atoms with Gasteiger partial charge in [0.2, 0.25) is 0 Å². The van der Waals surface area contributed by atoms with Gasteiger partial charge in [0.1, 0.15) is 0 Å². The Morgan fingerprint density at radius 2 is 1.06 bits per heavy atom. The monoisotopic (exact) mass is 461 g/mol. The number of pyridine rings is 1. The molecule has 2 aromatic heterocycles. The van der Waals surface area contributed by atoms with E-state index in [1.807, 2.05) is 17.4 Å². The first-order valence-corrected chi connectivity index (χ1v) is 12.7. The Morgan fingerprint density at radius 3 is 1.83 bits per heavy atom. The summed E-state index contributed by atoms with van der Waals surface area (Å²) in [5, 5.41) is 11.7. The minimum Gasteiger partial charge on any atom is -0.248 e. The fraction of sp³-hybridized carbons (Fsp3) is 0. The van der Waals surface area contributed by atoms with Crippen molar-refractivity contribution >= 4 is 74.7 Å². The standard InChI is InChI=1S/C33H19NS/c1-6-12-30-20(7-1)14-16-31(34-30)21-13-15-26-29-18-27-24-10-4-2-8-22(24)23-9-3-5-11-25(23)28(27)19-33(29)35-32(26)17-21/h1-19H. The van der Waals surface area contributed by atoms with Crippen molar-refractivity contribution in [2.45, 2.75) is 0 Å². The smallest absolute Gasteiger partial charge is 0.0710 e. The number of aromatic nitrogens is 1. The van der Waals surface area contributed by atoms with Gasteiger partial charge in [-0.3, -0.25) is 0 Å². The molecule has 0 bridgehead atoms. The van der Waals surface area contributed by atoms with Crippen LogP contribution in [0.25, 0.3) is 74.6 Å². The van der Waals surface area contributed by atoms with Gasteiger partial charge >= 0.3 is 0 Å². The van der Waals surface area contributed by atoms with Crippen LogP contribution < -0.4 is 0 Å². The fourth-order valence-corrected chi connectivity index (χ4v) is 6.73. The molecule has 0 aliphatic rings. The van der Waals surface area contributed by atoms with E-state index in [9.17, 15) is 0 Å². The van der Waals surface area contributed by atoms with E-state index in [1.54, 1.807) is 0 Å². The molecule has 0 N–H and O–H groups in total. The van der Waals surface area contributed by atoms with Gasteiger partial charge in [-0.2, -0.15) is 0 Å². The average Bonchev–Trinajstić information content (AvgIpc) is 3.29. The van der Waals surface area contributed by atoms with Crippen LogP contribution in [0.2, 0.25) is 0 Å². The Bertz CT molecular complexity index is 2120. The van der Waals surface area contributed by atoms with Crippen molar-refractivity contribution < 1.29 is 0 Å². The zero-order chi connectivity index (χ0) is 22.9. The Morgan fingerprint density at radius 1 is 0.429 bits per heavy atom. The lowest BCUT2D eigenvalue weighted by molar-refractivity contribution is 1.40. The molecule has 1 nitrogen and oxygen atoms in total. The van der Waals surface area contributed by atoms with E-state index in [4.69, 9.17) is 4.98 Å². The molecule has 0 atom stereocenters. The van der Waals surface area contributed by atoms with E-state index in [1.165, 1.54) is 57.9 Å². The summed E-state index contributed by atoms with van der Waals surface area (Å²) in [5.74, 6) is 0. The molecule has 35 heavy (non-hydrogen) atoms. The molecule has 8 aromatic rings. The molecule has 0 unspecified atom stereocenters. The van der Waals surface area contributed by atoms with Gasteiger partial charge in [-0.1, -0.05) is 84.9 Å². The lowest BCUT2D eigenvalue weighted by atomic mass is 9.93. The van der Waals surface area contributed by atoms with Crippen molar-refractivity contribution in [1.29, 1.82) is 0 Å². The predicted molar refractivity (Wildman–Crippen MR) is 153 cm³/mol. The van der Waals surface area contributed by atoms with Gasteiger partial charge < -0.3 is 0 Å². The maximum Gasteiger partial charge on any atom is 0.0710 e. The highest BCUT2D eigenvalue weighted by atomic mass is 32.1. The Balaban J connectivity index is 1.41. The second-order valence-electron chi connectivity index (χ2n) is 9.19. The minimum absolute atomic E-state index is 1.02. The van der Waals surface area contributed by atoms with Gasteiger partial charge in [0, 0.05) is 31.1 Å². The number of para-hydroxylation sites is 1. The highest BCUT2D eigenvalue weighted by molar-refractivity contribution is 7.26. The molecule has 2 heterocycles. The lowest BCUT2D eigenvalue weighted by Gasteiger charge is -2.10. The van der Waals surface area contributed by atoms with Crippen molar-refractivity contribution in [3.8, 4) is 11.3 Å². The number of nitrogens with zero attached hydrogens (tertiary/aromatic N) is 1. The second-order valence-corrected chi connectivity index (χ2v) is 10.3. The number of hydrogen-bond donors (Lipinski definition) is 0. The molecule has 0 saturated carbocycles. The van der Waals surface area contributed by atoms with Crippen LogP contribution in [-0.2, 0) is 0 Å². The molecule has 0 amide bonds. The first-order valence-electron chi connectivity index (χ1n) is 11.9. The van der Waals surface area contributed by atoms with Crippen LogP contribution in [-0.4, -0.2) is 4.98 Å². The SMILES string of the molecule is c1ccc2nc(-c3ccc4c(c3)sc3cc5c6ccccc6c6ccccc6c5cc34)ccc2c1. The summed E-state index contributed by atoms with van der Waals surface area (Å²) in [6.07, 6.45) is 0. The van der Waals surface area contributed by atoms with Gasteiger partial charge in [0.05, 0.1) is 11.2 Å². The average molecular weight is 462 g/mol. The number of rotatable bonds is 1. The van der Waals surface area contributed by atoms with E-state index in [-0.39, 0.29) is 0 Å². The maximum absolute atomic E-state index is 4.92. The third-order valence-electron chi connectivity index (χ3n) is 7.23. The number of benzene rings is 6. The van der Waals surface area contributed by atoms with E-state index >= 15 is 0 Å². The molecule has 0 aliphatic heterocycles. The summed E-state index contributed by atoms with van der Waals surface area (Å²) in [6, 6.07) is 41.8. The Labute approximate surface area is 205 Å². The molecule has 162 valence electrons. The molecule has 0 radical (unpaired) electrons. The van der Waals surface area contributed by atoms with Gasteiger partial charge in [-0.15, -0.1) is 11.3 Å². The largest absolute Gasteiger partial charge is 0.248 e. The van der Waals surface area contributed by atoms with Gasteiger partial charge in [-0.25, -0.2) is 4.98 Å². The molecule has 0 aliphatic carbocycles. The van der Waals surface area contributed by atoms with Crippen molar-refractivity contribution in [3.05, 3.63) is 115 Å². The van der Waals surface area contributed by atoms with Gasteiger partial charge in [0.15, 0.2) is 0 Å². The molecule has 0 saturated heterocycles. The quantitative estimate of drug-likeness (QED) is 0.222. The Kier molecular flexibility index (Phi) is 3.88. The predicted octanol–water partition coefficient (Wildman–Crippen LogP) is 9.73. The van der Waals surface area contributed by atoms with E-state index in [2.05, 4.69) is 109 Å². The molecule has 2 heteroatoms. The van der Waals surface area contributed by atoms with Crippen LogP contribution >= 0.6 is 11.3 Å². The third kappa shape index (κ3) is 2.78. The molecular formula is C33H19NS. The van der Waals surface area contributed by atoms with Crippen molar-refractivity contribution in [2.75, 3.05) is 0 Å². The highest BCUT2D eigenvalue weighted by Crippen LogP contribution is 2.42. The minimum atomic E-state index is 1.02. The van der Waals surface area contributed by atoms with Gasteiger partial charge in [-0.05, 0) is 62.6 Å². The van der Waals surface area contributed by atoms with Crippen LogP contribution in [0.3, 0.4) is 0 Å². The van der Waals surface area contributed by atoms with Gasteiger partial charge in [0.25, 0.3) is 0 Å². The summed E-state index contributed by atoms with van der Waals surface area (Å²) in [7, 11) is 0. The van der Waals surface area contributed by atoms with Crippen molar-refractivity contribution in [2.24, 2.45) is 0 Å². The molecular weight excluding hydrogens is 442 g/mol. The summed E-state index contributed by atoms with van der Waals surface area (Å²) < 4.78 is 2.63. The first kappa shape index (κ1) is 19.1. The second kappa shape index (κ2) is 7.11. The first-order chi connectivity index (χ1) is 17.3. The lowest BCUT2D eigenvalue weighted by Crippen LogP contribution is -1.85. The summed E-state index contributed by atoms with van der Waals surface area (Å²) in [6.45, 7) is 0. The Hall–Kier alpha value is -4.27. The van der Waals surface area contributed by atoms with E-state index < -0.39 is 0 Å². The zero-order valence-electron chi connectivity index (χ0n) is 18.8. The molecule has 8 rings (SSSR count). The van der Waals surface area contributed by atoms with Crippen molar-refractivity contribution in [3.63, 3.8) is 0 Å².